The number of amides is 1. The Hall–Kier alpha value is -1.03. The fraction of sp³-hybridized carbons (Fsp3) is 0.364. The molecule has 1 rings (SSSR count). The molecule has 0 aromatic heterocycles. The van der Waals surface area contributed by atoms with Gasteiger partial charge in [-0.25, -0.2) is 0 Å². The third kappa shape index (κ3) is 2.72. The lowest BCUT2D eigenvalue weighted by molar-refractivity contribution is -0.118. The Balaban J connectivity index is 3.00. The molecule has 0 saturated heterocycles. The first-order chi connectivity index (χ1) is 7.10. The van der Waals surface area contributed by atoms with Crippen LogP contribution in [0.15, 0.2) is 22.7 Å². The number of benzene rings is 1. The van der Waals surface area contributed by atoms with Crippen molar-refractivity contribution in [1.82, 2.24) is 0 Å². The molecule has 0 saturated carbocycles. The van der Waals surface area contributed by atoms with E-state index in [0.29, 0.717) is 6.42 Å². The lowest BCUT2D eigenvalue weighted by Crippen LogP contribution is -2.25. The Morgan fingerprint density at radius 2 is 2.20 bits per heavy atom. The standard InChI is InChI=1S/C11H14BrNO2/c1-4-11(14)13(2)10-6-5-8(15-3)7-9(10)12/h5-7H,4H2,1-3H3. The maximum atomic E-state index is 11.5. The molecule has 0 aliphatic carbocycles. The minimum atomic E-state index is 0.0841. The van der Waals surface area contributed by atoms with Crippen LogP contribution < -0.4 is 9.64 Å². The van der Waals surface area contributed by atoms with Gasteiger partial charge in [0.25, 0.3) is 0 Å². The summed E-state index contributed by atoms with van der Waals surface area (Å²) in [5, 5.41) is 0. The predicted octanol–water partition coefficient (Wildman–Crippen LogP) is 2.83. The van der Waals surface area contributed by atoms with E-state index in [0.717, 1.165) is 15.9 Å². The highest BCUT2D eigenvalue weighted by Crippen LogP contribution is 2.29. The van der Waals surface area contributed by atoms with Gasteiger partial charge in [0.1, 0.15) is 5.75 Å². The first-order valence-corrected chi connectivity index (χ1v) is 5.49. The molecule has 1 aromatic carbocycles. The predicted molar refractivity (Wildman–Crippen MR) is 64.4 cm³/mol. The summed E-state index contributed by atoms with van der Waals surface area (Å²) in [5.74, 6) is 0.851. The van der Waals surface area contributed by atoms with E-state index in [-0.39, 0.29) is 5.91 Å². The van der Waals surface area contributed by atoms with E-state index in [1.165, 1.54) is 0 Å². The zero-order valence-corrected chi connectivity index (χ0v) is 10.7. The molecular formula is C11H14BrNO2. The number of halogens is 1. The summed E-state index contributed by atoms with van der Waals surface area (Å²) < 4.78 is 5.94. The third-order valence-electron chi connectivity index (χ3n) is 2.19. The smallest absolute Gasteiger partial charge is 0.226 e. The molecule has 82 valence electrons. The maximum absolute atomic E-state index is 11.5. The van der Waals surface area contributed by atoms with Crippen molar-refractivity contribution in [2.45, 2.75) is 13.3 Å². The van der Waals surface area contributed by atoms with Crippen molar-refractivity contribution in [3.63, 3.8) is 0 Å². The van der Waals surface area contributed by atoms with Crippen molar-refractivity contribution in [3.8, 4) is 5.75 Å². The third-order valence-corrected chi connectivity index (χ3v) is 2.83. The fourth-order valence-corrected chi connectivity index (χ4v) is 1.88. The second kappa shape index (κ2) is 5.16. The summed E-state index contributed by atoms with van der Waals surface area (Å²) in [6.07, 6.45) is 0.495. The highest BCUT2D eigenvalue weighted by atomic mass is 79.9. The molecule has 0 aliphatic rings. The normalized spacial score (nSPS) is 9.87. The van der Waals surface area contributed by atoms with Gasteiger partial charge in [0.05, 0.1) is 12.8 Å². The Kier molecular flexibility index (Phi) is 4.15. The second-order valence-corrected chi connectivity index (χ2v) is 3.98. The molecular weight excluding hydrogens is 258 g/mol. The summed E-state index contributed by atoms with van der Waals surface area (Å²) in [6.45, 7) is 1.84. The van der Waals surface area contributed by atoms with E-state index >= 15 is 0 Å². The van der Waals surface area contributed by atoms with Gasteiger partial charge in [0, 0.05) is 17.9 Å². The maximum Gasteiger partial charge on any atom is 0.226 e. The van der Waals surface area contributed by atoms with Gasteiger partial charge in [0.15, 0.2) is 0 Å². The number of hydrogen-bond acceptors (Lipinski definition) is 2. The summed E-state index contributed by atoms with van der Waals surface area (Å²) in [6, 6.07) is 5.53. The quantitative estimate of drug-likeness (QED) is 0.846. The Bertz CT molecular complexity index is 366. The summed E-state index contributed by atoms with van der Waals surface area (Å²) >= 11 is 3.41. The van der Waals surface area contributed by atoms with Gasteiger partial charge in [-0.15, -0.1) is 0 Å². The topological polar surface area (TPSA) is 29.5 Å². The van der Waals surface area contributed by atoms with Gasteiger partial charge in [-0.3, -0.25) is 4.79 Å². The van der Waals surface area contributed by atoms with Crippen LogP contribution in [0.3, 0.4) is 0 Å². The van der Waals surface area contributed by atoms with Crippen LogP contribution in [-0.4, -0.2) is 20.1 Å². The van der Waals surface area contributed by atoms with Crippen molar-refractivity contribution >= 4 is 27.5 Å². The zero-order valence-electron chi connectivity index (χ0n) is 9.08. The van der Waals surface area contributed by atoms with E-state index in [4.69, 9.17) is 4.74 Å². The Labute approximate surface area is 98.2 Å². The number of methoxy groups -OCH3 is 1. The van der Waals surface area contributed by atoms with Crippen LogP contribution >= 0.6 is 15.9 Å². The SMILES string of the molecule is CCC(=O)N(C)c1ccc(OC)cc1Br. The lowest BCUT2D eigenvalue weighted by Gasteiger charge is -2.18. The highest BCUT2D eigenvalue weighted by Gasteiger charge is 2.11. The molecule has 3 nitrogen and oxygen atoms in total. The molecule has 1 aromatic rings. The lowest BCUT2D eigenvalue weighted by atomic mass is 10.2. The largest absolute Gasteiger partial charge is 0.497 e. The van der Waals surface area contributed by atoms with Crippen molar-refractivity contribution < 1.29 is 9.53 Å². The first-order valence-electron chi connectivity index (χ1n) is 4.70. The number of rotatable bonds is 3. The number of ether oxygens (including phenoxy) is 1. The molecule has 0 heterocycles. The highest BCUT2D eigenvalue weighted by molar-refractivity contribution is 9.10. The molecule has 0 spiro atoms. The molecule has 0 N–H and O–H groups in total. The molecule has 15 heavy (non-hydrogen) atoms. The van der Waals surface area contributed by atoms with Crippen LogP contribution in [0.2, 0.25) is 0 Å². The number of carbonyl (C=O) groups excluding carboxylic acids is 1. The van der Waals surface area contributed by atoms with Crippen molar-refractivity contribution in [1.29, 1.82) is 0 Å². The average molecular weight is 272 g/mol. The fourth-order valence-electron chi connectivity index (χ4n) is 1.26. The average Bonchev–Trinajstić information content (AvgIpc) is 2.26. The van der Waals surface area contributed by atoms with E-state index in [2.05, 4.69) is 15.9 Å². The molecule has 0 unspecified atom stereocenters. The molecule has 0 fully saturated rings. The van der Waals surface area contributed by atoms with Crippen LogP contribution in [-0.2, 0) is 4.79 Å². The number of anilines is 1. The Morgan fingerprint density at radius 3 is 2.67 bits per heavy atom. The second-order valence-electron chi connectivity index (χ2n) is 3.12. The van der Waals surface area contributed by atoms with Gasteiger partial charge in [0.2, 0.25) is 5.91 Å². The van der Waals surface area contributed by atoms with Crippen LogP contribution in [0.25, 0.3) is 0 Å². The van der Waals surface area contributed by atoms with Gasteiger partial charge in [-0.1, -0.05) is 6.92 Å². The van der Waals surface area contributed by atoms with E-state index in [1.807, 2.05) is 25.1 Å². The number of carbonyl (C=O) groups is 1. The van der Waals surface area contributed by atoms with Crippen LogP contribution in [0.1, 0.15) is 13.3 Å². The van der Waals surface area contributed by atoms with Crippen molar-refractivity contribution in [2.24, 2.45) is 0 Å². The van der Waals surface area contributed by atoms with E-state index < -0.39 is 0 Å². The van der Waals surface area contributed by atoms with E-state index in [9.17, 15) is 4.79 Å². The monoisotopic (exact) mass is 271 g/mol. The Morgan fingerprint density at radius 1 is 1.53 bits per heavy atom. The van der Waals surface area contributed by atoms with Gasteiger partial charge in [-0.2, -0.15) is 0 Å². The summed E-state index contributed by atoms with van der Waals surface area (Å²) in [7, 11) is 3.38. The molecule has 0 aliphatic heterocycles. The minimum Gasteiger partial charge on any atom is -0.497 e. The van der Waals surface area contributed by atoms with Crippen LogP contribution in [0.5, 0.6) is 5.75 Å². The molecule has 0 bridgehead atoms. The van der Waals surface area contributed by atoms with Crippen LogP contribution in [0, 0.1) is 0 Å². The molecule has 0 radical (unpaired) electrons. The first kappa shape index (κ1) is 12.0. The minimum absolute atomic E-state index is 0.0841. The van der Waals surface area contributed by atoms with Gasteiger partial charge in [-0.05, 0) is 34.1 Å². The van der Waals surface area contributed by atoms with Crippen molar-refractivity contribution in [3.05, 3.63) is 22.7 Å². The van der Waals surface area contributed by atoms with Gasteiger partial charge < -0.3 is 9.64 Å². The number of nitrogens with zero attached hydrogens (tertiary/aromatic N) is 1. The molecule has 4 heteroatoms. The van der Waals surface area contributed by atoms with E-state index in [1.54, 1.807) is 19.1 Å². The zero-order chi connectivity index (χ0) is 11.4. The summed E-state index contributed by atoms with van der Waals surface area (Å²) in [5.41, 5.74) is 0.850. The molecule has 0 atom stereocenters. The number of hydrogen-bond donors (Lipinski definition) is 0. The summed E-state index contributed by atoms with van der Waals surface area (Å²) in [4.78, 5) is 13.1. The van der Waals surface area contributed by atoms with Crippen molar-refractivity contribution in [2.75, 3.05) is 19.1 Å². The molecule has 1 amide bonds. The van der Waals surface area contributed by atoms with Gasteiger partial charge >= 0.3 is 0 Å². The van der Waals surface area contributed by atoms with Crippen LogP contribution in [0.4, 0.5) is 5.69 Å².